The minimum atomic E-state index is -0.679. The maximum absolute atomic E-state index is 13.1. The number of fused-ring (bicyclic) bond motifs is 1. The van der Waals surface area contributed by atoms with Gasteiger partial charge in [-0.1, -0.05) is 11.6 Å². The van der Waals surface area contributed by atoms with Crippen molar-refractivity contribution in [3.8, 4) is 5.75 Å². The highest BCUT2D eigenvalue weighted by Crippen LogP contribution is 2.28. The van der Waals surface area contributed by atoms with Crippen molar-refractivity contribution in [2.24, 2.45) is 0 Å². The second kappa shape index (κ2) is 7.08. The van der Waals surface area contributed by atoms with Crippen LogP contribution in [0.4, 0.5) is 4.39 Å². The van der Waals surface area contributed by atoms with Crippen molar-refractivity contribution >= 4 is 28.4 Å². The van der Waals surface area contributed by atoms with E-state index in [0.717, 1.165) is 16.5 Å². The normalized spacial score (nSPS) is 10.9. The average Bonchev–Trinajstić information content (AvgIpc) is 2.97. The molecule has 0 spiro atoms. The maximum Gasteiger partial charge on any atom is 0.293 e. The summed E-state index contributed by atoms with van der Waals surface area (Å²) < 4.78 is 20.7. The number of nitrogens with one attached hydrogen (secondary N) is 1. The number of aromatic nitrogens is 2. The fourth-order valence-corrected chi connectivity index (χ4v) is 2.78. The largest absolute Gasteiger partial charge is 0.487 e. The molecule has 2 aromatic heterocycles. The van der Waals surface area contributed by atoms with Crippen molar-refractivity contribution in [2.45, 2.75) is 20.1 Å². The first-order valence-electron chi connectivity index (χ1n) is 7.53. The van der Waals surface area contributed by atoms with E-state index >= 15 is 0 Å². The third-order valence-electron chi connectivity index (χ3n) is 3.80. The van der Waals surface area contributed by atoms with Crippen molar-refractivity contribution in [3.63, 3.8) is 0 Å². The van der Waals surface area contributed by atoms with E-state index in [-0.39, 0.29) is 17.3 Å². The minimum Gasteiger partial charge on any atom is -0.487 e. The van der Waals surface area contributed by atoms with Gasteiger partial charge in [-0.2, -0.15) is 0 Å². The van der Waals surface area contributed by atoms with Gasteiger partial charge in [0.05, 0.1) is 10.5 Å². The molecule has 0 fully saturated rings. The molecule has 3 rings (SSSR count). The van der Waals surface area contributed by atoms with Gasteiger partial charge in [0.15, 0.2) is 0 Å². The summed E-state index contributed by atoms with van der Waals surface area (Å²) in [6.07, 6.45) is 3.45. The van der Waals surface area contributed by atoms with Gasteiger partial charge in [0, 0.05) is 29.9 Å². The summed E-state index contributed by atoms with van der Waals surface area (Å²) in [5.41, 5.74) is 3.31. The van der Waals surface area contributed by atoms with Crippen molar-refractivity contribution in [2.75, 3.05) is 0 Å². The first kappa shape index (κ1) is 17.2. The molecule has 1 amide bonds. The number of benzene rings is 1. The van der Waals surface area contributed by atoms with E-state index in [1.54, 1.807) is 17.7 Å². The average molecular weight is 364 g/mol. The molecule has 0 aliphatic rings. The minimum absolute atomic E-state index is 0.108. The summed E-state index contributed by atoms with van der Waals surface area (Å²) in [4.78, 5) is 15.6. The molecular weight excluding hydrogens is 349 g/mol. The number of aryl methyl sites for hydroxylation is 1. The molecule has 0 aliphatic heterocycles. The number of halogens is 2. The Bertz CT molecular complexity index is 942. The Labute approximate surface area is 147 Å². The van der Waals surface area contributed by atoms with Crippen LogP contribution in [0, 0.1) is 5.82 Å². The lowest BCUT2D eigenvalue weighted by molar-refractivity contribution is 0.0701. The number of nitrogens with zero attached hydrogens (tertiary/aromatic N) is 2. The smallest absolute Gasteiger partial charge is 0.293 e. The van der Waals surface area contributed by atoms with Crippen molar-refractivity contribution in [3.05, 3.63) is 58.8 Å². The molecule has 2 N–H and O–H groups in total. The van der Waals surface area contributed by atoms with Crippen LogP contribution in [0.1, 0.15) is 23.0 Å². The molecule has 3 aromatic rings. The molecule has 0 radical (unpaired) electrons. The van der Waals surface area contributed by atoms with E-state index in [1.165, 1.54) is 18.2 Å². The molecule has 25 heavy (non-hydrogen) atoms. The van der Waals surface area contributed by atoms with Crippen LogP contribution in [0.15, 0.2) is 36.7 Å². The number of carbonyl (C=O) groups is 1. The predicted molar refractivity (Wildman–Crippen MR) is 90.4 cm³/mol. The lowest BCUT2D eigenvalue weighted by Crippen LogP contribution is -2.19. The van der Waals surface area contributed by atoms with Crippen LogP contribution in [0.3, 0.4) is 0 Å². The summed E-state index contributed by atoms with van der Waals surface area (Å²) in [5, 5.41) is 9.75. The SMILES string of the molecule is CCn1cc(COc2ccc(F)cc2Cl)c2cnc(C(=O)NO)cc21. The summed E-state index contributed by atoms with van der Waals surface area (Å²) >= 11 is 5.97. The van der Waals surface area contributed by atoms with Crippen LogP contribution in [-0.4, -0.2) is 20.7 Å². The Morgan fingerprint density at radius 1 is 1.44 bits per heavy atom. The Morgan fingerprint density at radius 3 is 2.92 bits per heavy atom. The maximum atomic E-state index is 13.1. The molecule has 6 nitrogen and oxygen atoms in total. The molecule has 1 aromatic carbocycles. The first-order valence-corrected chi connectivity index (χ1v) is 7.91. The molecule has 0 atom stereocenters. The second-order valence-electron chi connectivity index (χ2n) is 5.33. The number of rotatable bonds is 5. The molecule has 2 heterocycles. The van der Waals surface area contributed by atoms with Gasteiger partial charge in [-0.25, -0.2) is 9.87 Å². The predicted octanol–water partition coefficient (Wildman–Crippen LogP) is 3.55. The van der Waals surface area contributed by atoms with E-state index < -0.39 is 11.7 Å². The topological polar surface area (TPSA) is 76.4 Å². The van der Waals surface area contributed by atoms with Gasteiger partial charge in [-0.15, -0.1) is 0 Å². The van der Waals surface area contributed by atoms with E-state index in [9.17, 15) is 9.18 Å². The fourth-order valence-electron chi connectivity index (χ4n) is 2.56. The Morgan fingerprint density at radius 2 is 2.24 bits per heavy atom. The van der Waals surface area contributed by atoms with Crippen LogP contribution >= 0.6 is 11.6 Å². The van der Waals surface area contributed by atoms with Crippen LogP contribution in [0.25, 0.3) is 10.9 Å². The molecule has 8 heteroatoms. The lowest BCUT2D eigenvalue weighted by atomic mass is 10.2. The quantitative estimate of drug-likeness (QED) is 0.537. The third-order valence-corrected chi connectivity index (χ3v) is 4.10. The molecule has 0 unspecified atom stereocenters. The van der Waals surface area contributed by atoms with Gasteiger partial charge in [-0.3, -0.25) is 15.0 Å². The standard InChI is InChI=1S/C17H15ClFN3O3/c1-2-22-8-10(9-25-16-4-3-11(19)5-13(16)18)12-7-20-14(6-15(12)22)17(23)21-24/h3-8,24H,2,9H2,1H3,(H,21,23). The van der Waals surface area contributed by atoms with Crippen molar-refractivity contribution in [1.82, 2.24) is 15.0 Å². The molecular formula is C17H15ClFN3O3. The number of pyridine rings is 1. The van der Waals surface area contributed by atoms with Crippen LogP contribution in [-0.2, 0) is 13.2 Å². The first-order chi connectivity index (χ1) is 12.0. The van der Waals surface area contributed by atoms with Gasteiger partial charge < -0.3 is 9.30 Å². The van der Waals surface area contributed by atoms with Gasteiger partial charge in [0.2, 0.25) is 0 Å². The highest BCUT2D eigenvalue weighted by molar-refractivity contribution is 6.32. The zero-order valence-corrected chi connectivity index (χ0v) is 14.0. The van der Waals surface area contributed by atoms with Crippen molar-refractivity contribution < 1.29 is 19.1 Å². The second-order valence-corrected chi connectivity index (χ2v) is 5.74. The molecule has 0 saturated heterocycles. The van der Waals surface area contributed by atoms with Gasteiger partial charge >= 0.3 is 0 Å². The van der Waals surface area contributed by atoms with Gasteiger partial charge in [-0.05, 0) is 31.2 Å². The van der Waals surface area contributed by atoms with Crippen LogP contribution < -0.4 is 10.2 Å². The highest BCUT2D eigenvalue weighted by Gasteiger charge is 2.14. The number of amides is 1. The number of hydroxylamine groups is 1. The fraction of sp³-hybridized carbons (Fsp3) is 0.176. The lowest BCUT2D eigenvalue weighted by Gasteiger charge is -2.07. The van der Waals surface area contributed by atoms with E-state index in [2.05, 4.69) is 4.98 Å². The monoisotopic (exact) mass is 363 g/mol. The summed E-state index contributed by atoms with van der Waals surface area (Å²) in [6.45, 7) is 2.85. The number of ether oxygens (including phenoxy) is 1. The van der Waals surface area contributed by atoms with Crippen LogP contribution in [0.2, 0.25) is 5.02 Å². The Hall–Kier alpha value is -2.64. The van der Waals surface area contributed by atoms with Crippen molar-refractivity contribution in [1.29, 1.82) is 0 Å². The molecule has 0 bridgehead atoms. The zero-order chi connectivity index (χ0) is 18.0. The summed E-state index contributed by atoms with van der Waals surface area (Å²) in [6, 6.07) is 5.53. The molecule has 0 aliphatic carbocycles. The summed E-state index contributed by atoms with van der Waals surface area (Å²) in [7, 11) is 0. The Balaban J connectivity index is 1.92. The zero-order valence-electron chi connectivity index (χ0n) is 13.3. The van der Waals surface area contributed by atoms with Gasteiger partial charge in [0.25, 0.3) is 5.91 Å². The highest BCUT2D eigenvalue weighted by atomic mass is 35.5. The third kappa shape index (κ3) is 3.42. The number of hydrogen-bond acceptors (Lipinski definition) is 4. The number of carbonyl (C=O) groups excluding carboxylic acids is 1. The number of hydrogen-bond donors (Lipinski definition) is 2. The van der Waals surface area contributed by atoms with E-state index in [1.807, 2.05) is 17.7 Å². The molecule has 130 valence electrons. The molecule has 0 saturated carbocycles. The van der Waals surface area contributed by atoms with Gasteiger partial charge in [0.1, 0.15) is 23.9 Å². The van der Waals surface area contributed by atoms with Crippen LogP contribution in [0.5, 0.6) is 5.75 Å². The Kier molecular flexibility index (Phi) is 4.87. The van der Waals surface area contributed by atoms with E-state index in [4.69, 9.17) is 21.5 Å². The summed E-state index contributed by atoms with van der Waals surface area (Å²) in [5.74, 6) is -0.731. The van der Waals surface area contributed by atoms with E-state index in [0.29, 0.717) is 12.3 Å².